The van der Waals surface area contributed by atoms with Crippen LogP contribution in [0.4, 0.5) is 10.5 Å². The predicted molar refractivity (Wildman–Crippen MR) is 91.5 cm³/mol. The van der Waals surface area contributed by atoms with Crippen LogP contribution in [0.25, 0.3) is 0 Å². The van der Waals surface area contributed by atoms with Crippen LogP contribution in [0.15, 0.2) is 48.5 Å². The Morgan fingerprint density at radius 1 is 1.00 bits per heavy atom. The van der Waals surface area contributed by atoms with Gasteiger partial charge in [-0.1, -0.05) is 29.8 Å². The van der Waals surface area contributed by atoms with Gasteiger partial charge >= 0.3 is 6.03 Å². The first-order chi connectivity index (χ1) is 11.1. The van der Waals surface area contributed by atoms with Gasteiger partial charge in [-0.3, -0.25) is 4.79 Å². The zero-order chi connectivity index (χ0) is 16.7. The molecule has 3 amide bonds. The highest BCUT2D eigenvalue weighted by Gasteiger charge is 2.05. The van der Waals surface area contributed by atoms with Crippen LogP contribution in [0.5, 0.6) is 0 Å². The molecule has 3 N–H and O–H groups in total. The van der Waals surface area contributed by atoms with E-state index in [1.54, 1.807) is 24.3 Å². The second kappa shape index (κ2) is 7.98. The summed E-state index contributed by atoms with van der Waals surface area (Å²) in [6.45, 7) is 4.93. The Hall–Kier alpha value is -2.82. The molecule has 0 aromatic heterocycles. The molecule has 0 saturated carbocycles. The van der Waals surface area contributed by atoms with E-state index >= 15 is 0 Å². The van der Waals surface area contributed by atoms with Gasteiger partial charge in [0.2, 0.25) is 0 Å². The van der Waals surface area contributed by atoms with Crippen molar-refractivity contribution >= 4 is 17.6 Å². The summed E-state index contributed by atoms with van der Waals surface area (Å²) in [7, 11) is 0. The number of hydrogen-bond donors (Lipinski definition) is 3. The number of anilines is 1. The first kappa shape index (κ1) is 16.5. The minimum Gasteiger partial charge on any atom is -0.352 e. The van der Waals surface area contributed by atoms with Crippen LogP contribution in [0.3, 0.4) is 0 Å². The number of carbonyl (C=O) groups is 2. The molecule has 0 radical (unpaired) electrons. The van der Waals surface area contributed by atoms with Gasteiger partial charge in [0.05, 0.1) is 0 Å². The lowest BCUT2D eigenvalue weighted by atomic mass is 10.1. The maximum absolute atomic E-state index is 11.9. The van der Waals surface area contributed by atoms with Gasteiger partial charge in [0.25, 0.3) is 5.91 Å². The highest BCUT2D eigenvalue weighted by molar-refractivity contribution is 5.95. The van der Waals surface area contributed by atoms with Gasteiger partial charge in [-0.2, -0.15) is 0 Å². The van der Waals surface area contributed by atoms with Crippen LogP contribution >= 0.6 is 0 Å². The monoisotopic (exact) mass is 311 g/mol. The highest BCUT2D eigenvalue weighted by atomic mass is 16.2. The van der Waals surface area contributed by atoms with Gasteiger partial charge < -0.3 is 16.0 Å². The first-order valence-corrected chi connectivity index (χ1v) is 7.57. The van der Waals surface area contributed by atoms with E-state index < -0.39 is 0 Å². The zero-order valence-electron chi connectivity index (χ0n) is 13.3. The largest absolute Gasteiger partial charge is 0.352 e. The lowest BCUT2D eigenvalue weighted by Crippen LogP contribution is -2.28. The average molecular weight is 311 g/mol. The van der Waals surface area contributed by atoms with E-state index in [0.29, 0.717) is 24.3 Å². The van der Waals surface area contributed by atoms with Crippen molar-refractivity contribution in [2.24, 2.45) is 0 Å². The molecular formula is C18H21N3O2. The molecule has 5 nitrogen and oxygen atoms in total. The van der Waals surface area contributed by atoms with Crippen LogP contribution in [-0.2, 0) is 6.54 Å². The van der Waals surface area contributed by atoms with Crippen molar-refractivity contribution in [3.8, 4) is 0 Å². The fourth-order valence-electron chi connectivity index (χ4n) is 2.15. The van der Waals surface area contributed by atoms with Crippen LogP contribution < -0.4 is 16.0 Å². The summed E-state index contributed by atoms with van der Waals surface area (Å²) in [5.41, 5.74) is 3.41. The first-order valence-electron chi connectivity index (χ1n) is 7.57. The maximum Gasteiger partial charge on any atom is 0.319 e. The Morgan fingerprint density at radius 2 is 1.74 bits per heavy atom. The van der Waals surface area contributed by atoms with Crippen LogP contribution in [0.2, 0.25) is 0 Å². The maximum atomic E-state index is 11.9. The van der Waals surface area contributed by atoms with Crippen molar-refractivity contribution in [3.63, 3.8) is 0 Å². The summed E-state index contributed by atoms with van der Waals surface area (Å²) >= 11 is 0. The third-order valence-electron chi connectivity index (χ3n) is 3.28. The van der Waals surface area contributed by atoms with Gasteiger partial charge in [0.15, 0.2) is 0 Å². The number of urea groups is 1. The normalized spacial score (nSPS) is 10.0. The second-order valence-electron chi connectivity index (χ2n) is 5.23. The molecule has 2 rings (SSSR count). The van der Waals surface area contributed by atoms with E-state index in [4.69, 9.17) is 0 Å². The molecule has 0 spiro atoms. The second-order valence-corrected chi connectivity index (χ2v) is 5.23. The summed E-state index contributed by atoms with van der Waals surface area (Å²) in [4.78, 5) is 23.5. The average Bonchev–Trinajstić information content (AvgIpc) is 2.54. The van der Waals surface area contributed by atoms with Crippen molar-refractivity contribution in [1.82, 2.24) is 10.6 Å². The quantitative estimate of drug-likeness (QED) is 0.794. The van der Waals surface area contributed by atoms with Crippen molar-refractivity contribution in [1.29, 1.82) is 0 Å². The summed E-state index contributed by atoms with van der Waals surface area (Å²) in [6, 6.07) is 14.5. The molecule has 0 aliphatic rings. The van der Waals surface area contributed by atoms with Crippen LogP contribution in [0.1, 0.15) is 28.4 Å². The number of rotatable bonds is 5. The number of benzene rings is 2. The van der Waals surface area contributed by atoms with Crippen molar-refractivity contribution < 1.29 is 9.59 Å². The van der Waals surface area contributed by atoms with Crippen LogP contribution in [0, 0.1) is 6.92 Å². The summed E-state index contributed by atoms with van der Waals surface area (Å²) < 4.78 is 0. The van der Waals surface area contributed by atoms with Crippen molar-refractivity contribution in [3.05, 3.63) is 65.2 Å². The number of nitrogens with one attached hydrogen (secondary N) is 3. The smallest absolute Gasteiger partial charge is 0.319 e. The molecule has 0 aliphatic heterocycles. The van der Waals surface area contributed by atoms with Crippen molar-refractivity contribution in [2.75, 3.05) is 11.9 Å². The Morgan fingerprint density at radius 3 is 2.39 bits per heavy atom. The molecule has 0 unspecified atom stereocenters. The fraction of sp³-hybridized carbons (Fsp3) is 0.222. The van der Waals surface area contributed by atoms with E-state index in [0.717, 1.165) is 11.1 Å². The SMILES string of the molecule is CCNC(=O)c1ccc(NC(=O)NCc2cccc(C)c2)cc1. The molecular weight excluding hydrogens is 290 g/mol. The standard InChI is InChI=1S/C18H21N3O2/c1-3-19-17(22)15-7-9-16(10-8-15)21-18(23)20-12-14-6-4-5-13(2)11-14/h4-11H,3,12H2,1-2H3,(H,19,22)(H2,20,21,23). The highest BCUT2D eigenvalue weighted by Crippen LogP contribution is 2.09. The minimum atomic E-state index is -0.280. The minimum absolute atomic E-state index is 0.122. The summed E-state index contributed by atoms with van der Waals surface area (Å²) in [5.74, 6) is -0.122. The number of carbonyl (C=O) groups excluding carboxylic acids is 2. The van der Waals surface area contributed by atoms with E-state index in [1.165, 1.54) is 0 Å². The Kier molecular flexibility index (Phi) is 5.74. The lowest BCUT2D eigenvalue weighted by Gasteiger charge is -2.09. The third kappa shape index (κ3) is 5.14. The molecule has 5 heteroatoms. The van der Waals surface area contributed by atoms with E-state index in [1.807, 2.05) is 38.1 Å². The van der Waals surface area contributed by atoms with Crippen LogP contribution in [-0.4, -0.2) is 18.5 Å². The Bertz CT molecular complexity index is 681. The molecule has 0 heterocycles. The number of amides is 3. The number of aryl methyl sites for hydroxylation is 1. The zero-order valence-corrected chi connectivity index (χ0v) is 13.3. The van der Waals surface area contributed by atoms with Gasteiger partial charge in [-0.25, -0.2) is 4.79 Å². The molecule has 0 fully saturated rings. The molecule has 2 aromatic carbocycles. The lowest BCUT2D eigenvalue weighted by molar-refractivity contribution is 0.0956. The van der Waals surface area contributed by atoms with E-state index in [9.17, 15) is 9.59 Å². The molecule has 0 bridgehead atoms. The van der Waals surface area contributed by atoms with Gasteiger partial charge in [0.1, 0.15) is 0 Å². The Balaban J connectivity index is 1.86. The molecule has 120 valence electrons. The molecule has 0 saturated heterocycles. The van der Waals surface area contributed by atoms with Crippen molar-refractivity contribution in [2.45, 2.75) is 20.4 Å². The topological polar surface area (TPSA) is 70.2 Å². The van der Waals surface area contributed by atoms with E-state index in [-0.39, 0.29) is 11.9 Å². The van der Waals surface area contributed by atoms with Gasteiger partial charge in [-0.15, -0.1) is 0 Å². The van der Waals surface area contributed by atoms with Gasteiger partial charge in [-0.05, 0) is 43.7 Å². The summed E-state index contributed by atoms with van der Waals surface area (Å²) in [6.07, 6.45) is 0. The predicted octanol–water partition coefficient (Wildman–Crippen LogP) is 3.07. The summed E-state index contributed by atoms with van der Waals surface area (Å²) in [5, 5.41) is 8.27. The number of hydrogen-bond acceptors (Lipinski definition) is 2. The molecule has 0 atom stereocenters. The fourth-order valence-corrected chi connectivity index (χ4v) is 2.15. The molecule has 23 heavy (non-hydrogen) atoms. The third-order valence-corrected chi connectivity index (χ3v) is 3.28. The Labute approximate surface area is 136 Å². The molecule has 2 aromatic rings. The molecule has 0 aliphatic carbocycles. The van der Waals surface area contributed by atoms with E-state index in [2.05, 4.69) is 16.0 Å². The van der Waals surface area contributed by atoms with Gasteiger partial charge in [0, 0.05) is 24.3 Å².